The van der Waals surface area contributed by atoms with E-state index in [2.05, 4.69) is 6.08 Å². The van der Waals surface area contributed by atoms with E-state index in [1.807, 2.05) is 6.08 Å². The summed E-state index contributed by atoms with van der Waals surface area (Å²) >= 11 is 0. The van der Waals surface area contributed by atoms with Gasteiger partial charge in [0.25, 0.3) is 0 Å². The number of carboxylic acid groups (broad SMARTS) is 2. The summed E-state index contributed by atoms with van der Waals surface area (Å²) in [4.78, 5) is 20.7. The van der Waals surface area contributed by atoms with Gasteiger partial charge in [0.15, 0.2) is 0 Å². The number of unbranched alkanes of at least 4 members (excludes halogenated alkanes) is 13. The third-order valence-electron chi connectivity index (χ3n) is 4.45. The first-order valence-electron chi connectivity index (χ1n) is 10.2. The van der Waals surface area contributed by atoms with Gasteiger partial charge in [0.2, 0.25) is 0 Å². The Morgan fingerprint density at radius 2 is 0.840 bits per heavy atom. The number of allylic oxidation sites excluding steroid dienone is 2. The first-order valence-corrected chi connectivity index (χ1v) is 10.2. The predicted octanol–water partition coefficient (Wildman–Crippen LogP) is 6.34. The Labute approximate surface area is 153 Å². The van der Waals surface area contributed by atoms with Crippen molar-refractivity contribution in [2.24, 2.45) is 0 Å². The fraction of sp³-hybridized carbons (Fsp3) is 0.810. The van der Waals surface area contributed by atoms with E-state index in [0.717, 1.165) is 19.3 Å². The van der Waals surface area contributed by atoms with Crippen molar-refractivity contribution >= 4 is 11.9 Å². The summed E-state index contributed by atoms with van der Waals surface area (Å²) in [7, 11) is 0. The normalized spacial score (nSPS) is 11.2. The van der Waals surface area contributed by atoms with Gasteiger partial charge >= 0.3 is 11.9 Å². The van der Waals surface area contributed by atoms with Crippen molar-refractivity contribution in [3.8, 4) is 0 Å². The smallest absolute Gasteiger partial charge is 0.303 e. The second kappa shape index (κ2) is 19.0. The van der Waals surface area contributed by atoms with Gasteiger partial charge in [-0.15, -0.1) is 0 Å². The zero-order chi connectivity index (χ0) is 18.6. The van der Waals surface area contributed by atoms with E-state index in [9.17, 15) is 9.59 Å². The molecule has 0 fully saturated rings. The summed E-state index contributed by atoms with van der Waals surface area (Å²) in [5.74, 6) is -1.40. The van der Waals surface area contributed by atoms with E-state index in [1.54, 1.807) is 0 Å². The quantitative estimate of drug-likeness (QED) is 0.209. The molecule has 25 heavy (non-hydrogen) atoms. The number of carbonyl (C=O) groups is 2. The van der Waals surface area contributed by atoms with Crippen molar-refractivity contribution in [2.45, 2.75) is 109 Å². The molecule has 0 heterocycles. The average molecular weight is 355 g/mol. The molecule has 0 radical (unpaired) electrons. The van der Waals surface area contributed by atoms with Gasteiger partial charge in [-0.25, -0.2) is 0 Å². The molecule has 0 rings (SSSR count). The molecule has 0 bridgehead atoms. The largest absolute Gasteiger partial charge is 0.481 e. The average Bonchev–Trinajstić information content (AvgIpc) is 2.56. The minimum Gasteiger partial charge on any atom is -0.481 e. The molecule has 0 amide bonds. The highest BCUT2D eigenvalue weighted by atomic mass is 16.4. The minimum atomic E-state index is -0.722. The van der Waals surface area contributed by atoms with Crippen molar-refractivity contribution in [1.82, 2.24) is 0 Å². The third kappa shape index (κ3) is 22.7. The monoisotopic (exact) mass is 354 g/mol. The van der Waals surface area contributed by atoms with Crippen LogP contribution in [0.25, 0.3) is 0 Å². The molecule has 4 heteroatoms. The van der Waals surface area contributed by atoms with Crippen LogP contribution in [-0.4, -0.2) is 22.2 Å². The van der Waals surface area contributed by atoms with Crippen LogP contribution in [0.15, 0.2) is 12.2 Å². The van der Waals surface area contributed by atoms with Crippen LogP contribution >= 0.6 is 0 Å². The highest BCUT2D eigenvalue weighted by Crippen LogP contribution is 2.13. The van der Waals surface area contributed by atoms with E-state index in [-0.39, 0.29) is 6.42 Å². The lowest BCUT2D eigenvalue weighted by Crippen LogP contribution is -1.93. The highest BCUT2D eigenvalue weighted by molar-refractivity contribution is 5.66. The van der Waals surface area contributed by atoms with Crippen molar-refractivity contribution in [3.05, 3.63) is 12.2 Å². The van der Waals surface area contributed by atoms with Crippen LogP contribution in [-0.2, 0) is 9.59 Å². The molecule has 0 unspecified atom stereocenters. The number of aliphatic carboxylic acids is 2. The van der Waals surface area contributed by atoms with E-state index in [4.69, 9.17) is 10.2 Å². The van der Waals surface area contributed by atoms with E-state index in [1.165, 1.54) is 70.6 Å². The second-order valence-electron chi connectivity index (χ2n) is 6.93. The van der Waals surface area contributed by atoms with Crippen LogP contribution in [0.3, 0.4) is 0 Å². The molecular weight excluding hydrogens is 316 g/mol. The van der Waals surface area contributed by atoms with Crippen molar-refractivity contribution < 1.29 is 19.8 Å². The molecule has 0 aliphatic carbocycles. The van der Waals surface area contributed by atoms with Gasteiger partial charge in [0, 0.05) is 12.8 Å². The summed E-state index contributed by atoms with van der Waals surface area (Å²) in [6.45, 7) is 0. The summed E-state index contributed by atoms with van der Waals surface area (Å²) in [5, 5.41) is 17.1. The van der Waals surface area contributed by atoms with Gasteiger partial charge in [0.05, 0.1) is 0 Å². The lowest BCUT2D eigenvalue weighted by molar-refractivity contribution is -0.138. The lowest BCUT2D eigenvalue weighted by atomic mass is 10.0. The molecule has 0 atom stereocenters. The second-order valence-corrected chi connectivity index (χ2v) is 6.93. The molecule has 0 aliphatic heterocycles. The highest BCUT2D eigenvalue weighted by Gasteiger charge is 1.97. The summed E-state index contributed by atoms with van der Waals surface area (Å²) < 4.78 is 0. The predicted molar refractivity (Wildman–Crippen MR) is 103 cm³/mol. The zero-order valence-electron chi connectivity index (χ0n) is 15.9. The SMILES string of the molecule is O=C(O)CC/C=C\CCCCCCCCCCCCCCCC(=O)O. The van der Waals surface area contributed by atoms with Crippen LogP contribution in [0.4, 0.5) is 0 Å². The summed E-state index contributed by atoms with van der Waals surface area (Å²) in [6, 6.07) is 0. The Balaban J connectivity index is 3.07. The maximum atomic E-state index is 10.4. The Morgan fingerprint density at radius 3 is 1.28 bits per heavy atom. The molecule has 0 saturated carbocycles. The Kier molecular flexibility index (Phi) is 18.0. The van der Waals surface area contributed by atoms with Crippen LogP contribution in [0, 0.1) is 0 Å². The first-order chi connectivity index (χ1) is 12.1. The number of hydrogen-bond acceptors (Lipinski definition) is 2. The van der Waals surface area contributed by atoms with Crippen LogP contribution < -0.4 is 0 Å². The van der Waals surface area contributed by atoms with Crippen molar-refractivity contribution in [1.29, 1.82) is 0 Å². The van der Waals surface area contributed by atoms with Gasteiger partial charge in [0.1, 0.15) is 0 Å². The van der Waals surface area contributed by atoms with Crippen LogP contribution in [0.1, 0.15) is 109 Å². The molecule has 0 aromatic carbocycles. The molecule has 0 aliphatic rings. The minimum absolute atomic E-state index is 0.237. The molecule has 0 spiro atoms. The van der Waals surface area contributed by atoms with Gasteiger partial charge in [-0.3, -0.25) is 9.59 Å². The van der Waals surface area contributed by atoms with Crippen LogP contribution in [0.2, 0.25) is 0 Å². The molecule has 4 nitrogen and oxygen atoms in total. The summed E-state index contributed by atoms with van der Waals surface area (Å²) in [6.07, 6.45) is 22.5. The van der Waals surface area contributed by atoms with E-state index >= 15 is 0 Å². The molecule has 0 aromatic heterocycles. The van der Waals surface area contributed by atoms with Gasteiger partial charge < -0.3 is 10.2 Å². The lowest BCUT2D eigenvalue weighted by Gasteiger charge is -2.03. The molecule has 0 saturated heterocycles. The van der Waals surface area contributed by atoms with Gasteiger partial charge in [-0.1, -0.05) is 82.8 Å². The molecule has 2 N–H and O–H groups in total. The van der Waals surface area contributed by atoms with Crippen molar-refractivity contribution in [3.63, 3.8) is 0 Å². The van der Waals surface area contributed by atoms with Gasteiger partial charge in [-0.2, -0.15) is 0 Å². The zero-order valence-corrected chi connectivity index (χ0v) is 15.9. The number of rotatable bonds is 19. The fourth-order valence-electron chi connectivity index (χ4n) is 2.93. The Morgan fingerprint density at radius 1 is 0.480 bits per heavy atom. The van der Waals surface area contributed by atoms with Crippen molar-refractivity contribution in [2.75, 3.05) is 0 Å². The fourth-order valence-corrected chi connectivity index (χ4v) is 2.93. The summed E-state index contributed by atoms with van der Waals surface area (Å²) in [5.41, 5.74) is 0. The van der Waals surface area contributed by atoms with E-state index in [0.29, 0.717) is 12.8 Å². The molecular formula is C21H38O4. The number of carboxylic acids is 2. The van der Waals surface area contributed by atoms with Crippen LogP contribution in [0.5, 0.6) is 0 Å². The molecule has 146 valence electrons. The molecule has 0 aromatic rings. The first kappa shape index (κ1) is 23.7. The standard InChI is InChI=1S/C21H38O4/c22-20(23)18-16-14-12-10-8-6-4-2-1-3-5-7-9-11-13-15-17-19-21(24)25/h12,14H,1-11,13,15-19H2,(H,22,23)(H,24,25)/b14-12-. The van der Waals surface area contributed by atoms with Gasteiger partial charge in [-0.05, 0) is 25.7 Å². The number of hydrogen-bond donors (Lipinski definition) is 2. The topological polar surface area (TPSA) is 74.6 Å². The third-order valence-corrected chi connectivity index (χ3v) is 4.45. The maximum absolute atomic E-state index is 10.4. The maximum Gasteiger partial charge on any atom is 0.303 e. The Hall–Kier alpha value is -1.32. The Bertz CT molecular complexity index is 350. The van der Waals surface area contributed by atoms with E-state index < -0.39 is 11.9 Å².